The molecule has 0 heterocycles. The van der Waals surface area contributed by atoms with E-state index in [0.717, 1.165) is 6.92 Å². The van der Waals surface area contributed by atoms with Gasteiger partial charge in [-0.25, -0.2) is 0 Å². The molecule has 1 aromatic rings. The highest BCUT2D eigenvalue weighted by molar-refractivity contribution is 7.60. The van der Waals surface area contributed by atoms with Gasteiger partial charge in [0.15, 0.2) is 0 Å². The summed E-state index contributed by atoms with van der Waals surface area (Å²) in [5.74, 6) is -0.833. The van der Waals surface area contributed by atoms with E-state index in [9.17, 15) is 4.57 Å². The fourth-order valence-electron chi connectivity index (χ4n) is 0.706. The lowest BCUT2D eigenvalue weighted by atomic mass is 10.3. The highest BCUT2D eigenvalue weighted by Crippen LogP contribution is 2.33. The van der Waals surface area contributed by atoms with Gasteiger partial charge in [-0.05, 0) is 18.2 Å². The monoisotopic (exact) mass is 233 g/mol. The zero-order chi connectivity index (χ0) is 12.1. The van der Waals surface area contributed by atoms with E-state index in [4.69, 9.17) is 25.4 Å². The third-order valence-corrected chi connectivity index (χ3v) is 2.16. The van der Waals surface area contributed by atoms with Crippen LogP contribution in [0.3, 0.4) is 0 Å². The maximum atomic E-state index is 10.6. The Bertz CT molecular complexity index is 382. The summed E-state index contributed by atoms with van der Waals surface area (Å²) in [6, 6.07) is 5.68. The van der Waals surface area contributed by atoms with E-state index in [2.05, 4.69) is 0 Å². The third kappa shape index (κ3) is 6.68. The van der Waals surface area contributed by atoms with Crippen LogP contribution in [0.15, 0.2) is 24.3 Å². The van der Waals surface area contributed by atoms with Crippen LogP contribution in [0.4, 0.5) is 5.69 Å². The second-order valence-electron chi connectivity index (χ2n) is 2.66. The Labute approximate surface area is 86.5 Å². The van der Waals surface area contributed by atoms with Crippen LogP contribution in [0.5, 0.6) is 0 Å². The van der Waals surface area contributed by atoms with Crippen LogP contribution in [0.1, 0.15) is 6.92 Å². The molecule has 1 rings (SSSR count). The fourth-order valence-corrected chi connectivity index (χ4v) is 1.30. The Morgan fingerprint density at radius 3 is 2.13 bits per heavy atom. The molecule has 0 aliphatic carbocycles. The molecule has 7 heteroatoms. The Morgan fingerprint density at radius 2 is 1.87 bits per heavy atom. The average molecular weight is 233 g/mol. The van der Waals surface area contributed by atoms with Gasteiger partial charge in [-0.15, -0.1) is 0 Å². The van der Waals surface area contributed by atoms with E-state index in [1.165, 1.54) is 18.2 Å². The maximum Gasteiger partial charge on any atom is 0.356 e. The van der Waals surface area contributed by atoms with E-state index in [0.29, 0.717) is 5.69 Å². The number of hydrogen-bond acceptors (Lipinski definition) is 3. The Morgan fingerprint density at radius 1 is 1.40 bits per heavy atom. The predicted molar refractivity (Wildman–Crippen MR) is 55.8 cm³/mol. The quantitative estimate of drug-likeness (QED) is 0.405. The van der Waals surface area contributed by atoms with Crippen LogP contribution in [-0.4, -0.2) is 20.9 Å². The first kappa shape index (κ1) is 13.6. The molecule has 84 valence electrons. The number of carboxylic acid groups (broad SMARTS) is 1. The molecular weight excluding hydrogens is 221 g/mol. The lowest BCUT2D eigenvalue weighted by Gasteiger charge is -2.02. The van der Waals surface area contributed by atoms with Crippen molar-refractivity contribution in [1.29, 1.82) is 0 Å². The molecule has 0 amide bonds. The van der Waals surface area contributed by atoms with Gasteiger partial charge in [0.25, 0.3) is 5.97 Å². The minimum absolute atomic E-state index is 0.0440. The molecule has 0 radical (unpaired) electrons. The van der Waals surface area contributed by atoms with E-state index in [1.807, 2.05) is 0 Å². The predicted octanol–water partition coefficient (Wildman–Crippen LogP) is 0.163. The van der Waals surface area contributed by atoms with Gasteiger partial charge >= 0.3 is 7.60 Å². The van der Waals surface area contributed by atoms with E-state index < -0.39 is 13.6 Å². The number of hydrogen-bond donors (Lipinski definition) is 4. The summed E-state index contributed by atoms with van der Waals surface area (Å²) in [5.41, 5.74) is 5.66. The number of carbonyl (C=O) groups is 1. The van der Waals surface area contributed by atoms with Crippen molar-refractivity contribution >= 4 is 24.6 Å². The summed E-state index contributed by atoms with van der Waals surface area (Å²) < 4.78 is 10.6. The fraction of sp³-hybridized carbons (Fsp3) is 0.125. The van der Waals surface area contributed by atoms with Crippen LogP contribution in [0.25, 0.3) is 0 Å². The minimum atomic E-state index is -4.13. The first-order valence-electron chi connectivity index (χ1n) is 3.84. The molecule has 0 fully saturated rings. The van der Waals surface area contributed by atoms with Gasteiger partial charge in [-0.3, -0.25) is 9.36 Å². The number of rotatable bonds is 1. The van der Waals surface area contributed by atoms with Crippen molar-refractivity contribution in [3.05, 3.63) is 24.3 Å². The molecule has 5 N–H and O–H groups in total. The van der Waals surface area contributed by atoms with Gasteiger partial charge in [0.05, 0.1) is 5.30 Å². The Balaban J connectivity index is 0.000000423. The van der Waals surface area contributed by atoms with Crippen molar-refractivity contribution < 1.29 is 24.3 Å². The van der Waals surface area contributed by atoms with E-state index >= 15 is 0 Å². The van der Waals surface area contributed by atoms with Crippen LogP contribution >= 0.6 is 7.60 Å². The normalized spacial score (nSPS) is 10.1. The molecule has 15 heavy (non-hydrogen) atoms. The molecule has 6 nitrogen and oxygen atoms in total. The summed E-state index contributed by atoms with van der Waals surface area (Å²) in [6.07, 6.45) is 0. The minimum Gasteiger partial charge on any atom is -0.481 e. The third-order valence-electron chi connectivity index (χ3n) is 1.21. The summed E-state index contributed by atoms with van der Waals surface area (Å²) in [7, 11) is -4.13. The van der Waals surface area contributed by atoms with Crippen molar-refractivity contribution in [3.63, 3.8) is 0 Å². The lowest BCUT2D eigenvalue weighted by Crippen LogP contribution is -2.03. The standard InChI is InChI=1S/C6H8NO3P.C2H4O2/c7-5-2-1-3-6(4-5)11(8,9)10;1-2(3)4/h1-4H,7H2,(H2,8,9,10);1H3,(H,3,4). The van der Waals surface area contributed by atoms with Crippen LogP contribution in [0.2, 0.25) is 0 Å². The number of benzene rings is 1. The molecule has 1 aromatic carbocycles. The average Bonchev–Trinajstić information content (AvgIpc) is 2.01. The van der Waals surface area contributed by atoms with Gasteiger partial charge in [0.2, 0.25) is 0 Å². The zero-order valence-electron chi connectivity index (χ0n) is 7.99. The summed E-state index contributed by atoms with van der Waals surface area (Å²) >= 11 is 0. The second-order valence-corrected chi connectivity index (χ2v) is 4.26. The highest BCUT2D eigenvalue weighted by atomic mass is 31.2. The number of carboxylic acids is 1. The van der Waals surface area contributed by atoms with Crippen LogP contribution in [0, 0.1) is 0 Å². The number of anilines is 1. The largest absolute Gasteiger partial charge is 0.481 e. The number of aliphatic carboxylic acids is 1. The molecule has 0 spiro atoms. The van der Waals surface area contributed by atoms with Crippen molar-refractivity contribution in [2.75, 3.05) is 5.73 Å². The molecule has 0 atom stereocenters. The molecular formula is C8H12NO5P. The molecule has 0 saturated carbocycles. The molecule has 0 aromatic heterocycles. The van der Waals surface area contributed by atoms with Gasteiger partial charge in [-0.1, -0.05) is 6.07 Å². The van der Waals surface area contributed by atoms with Crippen molar-refractivity contribution in [2.24, 2.45) is 0 Å². The Hall–Kier alpha value is -1.36. The molecule has 0 unspecified atom stereocenters. The van der Waals surface area contributed by atoms with Gasteiger partial charge in [0.1, 0.15) is 0 Å². The van der Waals surface area contributed by atoms with E-state index in [1.54, 1.807) is 6.07 Å². The maximum absolute atomic E-state index is 10.6. The van der Waals surface area contributed by atoms with Crippen molar-refractivity contribution in [3.8, 4) is 0 Å². The van der Waals surface area contributed by atoms with Gasteiger partial charge < -0.3 is 20.6 Å². The topological polar surface area (TPSA) is 121 Å². The number of nitrogen functional groups attached to an aromatic ring is 1. The summed E-state index contributed by atoms with van der Waals surface area (Å²) in [5, 5.41) is 7.37. The van der Waals surface area contributed by atoms with E-state index in [-0.39, 0.29) is 5.30 Å². The number of nitrogens with two attached hydrogens (primary N) is 1. The van der Waals surface area contributed by atoms with Gasteiger partial charge in [-0.2, -0.15) is 0 Å². The Kier molecular flexibility index (Phi) is 5.00. The van der Waals surface area contributed by atoms with Crippen molar-refractivity contribution in [2.45, 2.75) is 6.92 Å². The van der Waals surface area contributed by atoms with Crippen LogP contribution in [-0.2, 0) is 9.36 Å². The molecule has 0 aliphatic rings. The van der Waals surface area contributed by atoms with Gasteiger partial charge in [0, 0.05) is 12.6 Å². The zero-order valence-corrected chi connectivity index (χ0v) is 8.89. The molecule has 0 bridgehead atoms. The second kappa shape index (κ2) is 5.50. The first-order chi connectivity index (χ1) is 6.73. The summed E-state index contributed by atoms with van der Waals surface area (Å²) in [4.78, 5) is 26.3. The smallest absolute Gasteiger partial charge is 0.356 e. The SMILES string of the molecule is CC(=O)O.Nc1cccc(P(=O)(O)O)c1. The van der Waals surface area contributed by atoms with Crippen LogP contribution < -0.4 is 11.0 Å². The first-order valence-corrected chi connectivity index (χ1v) is 5.46. The molecule has 0 aliphatic heterocycles. The highest BCUT2D eigenvalue weighted by Gasteiger charge is 2.15. The van der Waals surface area contributed by atoms with Crippen molar-refractivity contribution in [1.82, 2.24) is 0 Å². The summed E-state index contributed by atoms with van der Waals surface area (Å²) in [6.45, 7) is 1.08. The lowest BCUT2D eigenvalue weighted by molar-refractivity contribution is -0.134. The molecule has 0 saturated heterocycles.